The monoisotopic (exact) mass is 237 g/mol. The second kappa shape index (κ2) is 4.72. The van der Waals surface area contributed by atoms with E-state index in [4.69, 9.17) is 10.5 Å². The highest BCUT2D eigenvalue weighted by atomic mass is 16.5. The number of H-pyrrole nitrogens is 1. The molecule has 6 heteroatoms. The van der Waals surface area contributed by atoms with Crippen LogP contribution in [0.15, 0.2) is 0 Å². The van der Waals surface area contributed by atoms with Crippen molar-refractivity contribution in [3.05, 3.63) is 11.6 Å². The fourth-order valence-corrected chi connectivity index (χ4v) is 2.68. The normalized spacial score (nSPS) is 29.5. The van der Waals surface area contributed by atoms with E-state index in [2.05, 4.69) is 20.1 Å². The summed E-state index contributed by atoms with van der Waals surface area (Å²) in [5, 5.41) is 7.15. The van der Waals surface area contributed by atoms with Crippen LogP contribution in [-0.2, 0) is 11.2 Å². The van der Waals surface area contributed by atoms with Crippen molar-refractivity contribution in [3.63, 3.8) is 0 Å². The van der Waals surface area contributed by atoms with Crippen molar-refractivity contribution in [1.82, 2.24) is 20.1 Å². The summed E-state index contributed by atoms with van der Waals surface area (Å²) in [6.07, 6.45) is 3.31. The van der Waals surface area contributed by atoms with Crippen LogP contribution in [0.4, 0.5) is 0 Å². The van der Waals surface area contributed by atoms with Gasteiger partial charge in [0.25, 0.3) is 0 Å². The first kappa shape index (κ1) is 11.1. The van der Waals surface area contributed by atoms with E-state index in [9.17, 15) is 0 Å². The molecule has 2 atom stereocenters. The predicted molar refractivity (Wildman–Crippen MR) is 62.4 cm³/mol. The van der Waals surface area contributed by atoms with Crippen LogP contribution in [0.3, 0.4) is 0 Å². The van der Waals surface area contributed by atoms with Crippen molar-refractivity contribution < 1.29 is 4.74 Å². The van der Waals surface area contributed by atoms with E-state index in [0.717, 1.165) is 31.2 Å². The summed E-state index contributed by atoms with van der Waals surface area (Å²) in [4.78, 5) is 6.93. The third-order valence-electron chi connectivity index (χ3n) is 3.61. The van der Waals surface area contributed by atoms with Crippen molar-refractivity contribution >= 4 is 0 Å². The van der Waals surface area contributed by atoms with Crippen LogP contribution in [0.25, 0.3) is 0 Å². The standard InChI is InChI=1S/C11H19N5O/c12-4-3-10-13-11(15-14-10)9-6-16-5-1-2-8(16)7-17-9/h8-9H,1-7,12H2,(H,13,14,15)/t8-,9+/m1/s1. The number of aromatic nitrogens is 3. The molecule has 2 aliphatic rings. The molecule has 1 aromatic rings. The van der Waals surface area contributed by atoms with E-state index in [1.165, 1.54) is 19.4 Å². The summed E-state index contributed by atoms with van der Waals surface area (Å²) < 4.78 is 5.85. The molecular formula is C11H19N5O. The molecule has 0 saturated carbocycles. The van der Waals surface area contributed by atoms with Gasteiger partial charge in [0, 0.05) is 19.0 Å². The third kappa shape index (κ3) is 2.20. The van der Waals surface area contributed by atoms with Gasteiger partial charge in [-0.05, 0) is 25.9 Å². The van der Waals surface area contributed by atoms with E-state index in [1.54, 1.807) is 0 Å². The molecule has 0 radical (unpaired) electrons. The van der Waals surface area contributed by atoms with Crippen LogP contribution < -0.4 is 5.73 Å². The Bertz CT molecular complexity index is 380. The van der Waals surface area contributed by atoms with Gasteiger partial charge in [0.1, 0.15) is 11.9 Å². The third-order valence-corrected chi connectivity index (χ3v) is 3.61. The molecular weight excluding hydrogens is 218 g/mol. The lowest BCUT2D eigenvalue weighted by Gasteiger charge is -2.33. The Morgan fingerprint density at radius 3 is 3.35 bits per heavy atom. The Morgan fingerprint density at radius 1 is 1.53 bits per heavy atom. The van der Waals surface area contributed by atoms with Crippen molar-refractivity contribution in [3.8, 4) is 0 Å². The highest BCUT2D eigenvalue weighted by Crippen LogP contribution is 2.28. The topological polar surface area (TPSA) is 80.1 Å². The molecule has 3 heterocycles. The van der Waals surface area contributed by atoms with Gasteiger partial charge in [-0.3, -0.25) is 10.00 Å². The number of nitrogens with two attached hydrogens (primary N) is 1. The molecule has 0 bridgehead atoms. The van der Waals surface area contributed by atoms with Gasteiger partial charge >= 0.3 is 0 Å². The lowest BCUT2D eigenvalue weighted by atomic mass is 10.2. The molecule has 0 unspecified atom stereocenters. The average molecular weight is 237 g/mol. The van der Waals surface area contributed by atoms with E-state index in [-0.39, 0.29) is 6.10 Å². The van der Waals surface area contributed by atoms with Crippen molar-refractivity contribution in [2.24, 2.45) is 5.73 Å². The quantitative estimate of drug-likeness (QED) is 0.763. The second-order valence-electron chi connectivity index (χ2n) is 4.79. The summed E-state index contributed by atoms with van der Waals surface area (Å²) in [6, 6.07) is 0.619. The molecule has 0 amide bonds. The van der Waals surface area contributed by atoms with Crippen LogP contribution in [0, 0.1) is 0 Å². The molecule has 2 saturated heterocycles. The molecule has 0 aliphatic carbocycles. The van der Waals surface area contributed by atoms with E-state index in [0.29, 0.717) is 12.6 Å². The minimum absolute atomic E-state index is 0.0205. The van der Waals surface area contributed by atoms with E-state index in [1.807, 2.05) is 0 Å². The number of hydrogen-bond donors (Lipinski definition) is 2. The van der Waals surface area contributed by atoms with Crippen LogP contribution in [-0.4, -0.2) is 52.4 Å². The summed E-state index contributed by atoms with van der Waals surface area (Å²) >= 11 is 0. The number of ether oxygens (including phenoxy) is 1. The Hall–Kier alpha value is -0.980. The van der Waals surface area contributed by atoms with Crippen LogP contribution in [0.2, 0.25) is 0 Å². The first-order valence-corrected chi connectivity index (χ1v) is 6.33. The molecule has 94 valence electrons. The highest BCUT2D eigenvalue weighted by molar-refractivity contribution is 4.99. The molecule has 2 fully saturated rings. The van der Waals surface area contributed by atoms with Gasteiger partial charge in [-0.1, -0.05) is 0 Å². The van der Waals surface area contributed by atoms with E-state index >= 15 is 0 Å². The molecule has 0 aromatic carbocycles. The van der Waals surface area contributed by atoms with Gasteiger partial charge in [0.05, 0.1) is 6.61 Å². The minimum atomic E-state index is 0.0205. The van der Waals surface area contributed by atoms with Gasteiger partial charge in [-0.25, -0.2) is 4.98 Å². The number of rotatable bonds is 3. The first-order chi connectivity index (χ1) is 8.36. The Labute approximate surface area is 101 Å². The molecule has 1 aromatic heterocycles. The fourth-order valence-electron chi connectivity index (χ4n) is 2.68. The van der Waals surface area contributed by atoms with Crippen LogP contribution in [0.5, 0.6) is 0 Å². The average Bonchev–Trinajstić information content (AvgIpc) is 2.96. The maximum atomic E-state index is 5.85. The lowest BCUT2D eigenvalue weighted by molar-refractivity contribution is -0.0540. The van der Waals surface area contributed by atoms with Gasteiger partial charge in [-0.2, -0.15) is 5.10 Å². The zero-order chi connectivity index (χ0) is 11.7. The molecule has 6 nitrogen and oxygen atoms in total. The van der Waals surface area contributed by atoms with Crippen LogP contribution in [0.1, 0.15) is 30.6 Å². The number of aromatic amines is 1. The maximum Gasteiger partial charge on any atom is 0.180 e. The van der Waals surface area contributed by atoms with Gasteiger partial charge < -0.3 is 10.5 Å². The number of morpholine rings is 1. The van der Waals surface area contributed by atoms with Crippen LogP contribution >= 0.6 is 0 Å². The summed E-state index contributed by atoms with van der Waals surface area (Å²) in [5.74, 6) is 1.63. The number of nitrogens with one attached hydrogen (secondary N) is 1. The predicted octanol–water partition coefficient (Wildman–Crippen LogP) is -0.158. The minimum Gasteiger partial charge on any atom is -0.367 e. The number of nitrogens with zero attached hydrogens (tertiary/aromatic N) is 3. The first-order valence-electron chi connectivity index (χ1n) is 6.33. The Balaban J connectivity index is 1.67. The summed E-state index contributed by atoms with van der Waals surface area (Å²) in [5.41, 5.74) is 5.49. The lowest BCUT2D eigenvalue weighted by Crippen LogP contribution is -2.42. The molecule has 17 heavy (non-hydrogen) atoms. The fraction of sp³-hybridized carbons (Fsp3) is 0.818. The summed E-state index contributed by atoms with van der Waals surface area (Å²) in [7, 11) is 0. The Morgan fingerprint density at radius 2 is 2.47 bits per heavy atom. The van der Waals surface area contributed by atoms with Crippen molar-refractivity contribution in [2.75, 3.05) is 26.2 Å². The zero-order valence-corrected chi connectivity index (χ0v) is 9.93. The van der Waals surface area contributed by atoms with Crippen molar-refractivity contribution in [1.29, 1.82) is 0 Å². The largest absolute Gasteiger partial charge is 0.367 e. The van der Waals surface area contributed by atoms with Gasteiger partial charge in [0.2, 0.25) is 0 Å². The molecule has 3 N–H and O–H groups in total. The Kier molecular flexibility index (Phi) is 3.09. The second-order valence-corrected chi connectivity index (χ2v) is 4.79. The number of hydrogen-bond acceptors (Lipinski definition) is 5. The van der Waals surface area contributed by atoms with Crippen molar-refractivity contribution in [2.45, 2.75) is 31.4 Å². The number of fused-ring (bicyclic) bond motifs is 1. The SMILES string of the molecule is NCCc1nc([C@@H]2CN3CCC[C@@H]3CO2)n[nH]1. The van der Waals surface area contributed by atoms with E-state index < -0.39 is 0 Å². The van der Waals surface area contributed by atoms with Gasteiger partial charge in [-0.15, -0.1) is 0 Å². The molecule has 3 rings (SSSR count). The highest BCUT2D eigenvalue weighted by Gasteiger charge is 2.34. The summed E-state index contributed by atoms with van der Waals surface area (Å²) in [6.45, 7) is 3.51. The molecule has 0 spiro atoms. The zero-order valence-electron chi connectivity index (χ0n) is 9.93. The maximum absolute atomic E-state index is 5.85. The van der Waals surface area contributed by atoms with Gasteiger partial charge in [0.15, 0.2) is 5.82 Å². The smallest absolute Gasteiger partial charge is 0.180 e. The molecule has 2 aliphatic heterocycles.